The standard InChI is InChI=1S/C12H24N2O4/c1-9(12(16)18-5)8-14(3)10(2)11(15)13-6-7-17-4/h9-10H,6-8H2,1-5H3,(H,13,15). The Morgan fingerprint density at radius 2 is 1.89 bits per heavy atom. The van der Waals surface area contributed by atoms with Crippen molar-refractivity contribution in [2.24, 2.45) is 5.92 Å². The summed E-state index contributed by atoms with van der Waals surface area (Å²) < 4.78 is 9.50. The lowest BCUT2D eigenvalue weighted by atomic mass is 10.1. The van der Waals surface area contributed by atoms with Crippen LogP contribution in [-0.4, -0.2) is 63.8 Å². The minimum atomic E-state index is -0.297. The van der Waals surface area contributed by atoms with E-state index in [9.17, 15) is 9.59 Å². The van der Waals surface area contributed by atoms with E-state index in [1.54, 1.807) is 28.0 Å². The average molecular weight is 260 g/mol. The van der Waals surface area contributed by atoms with Crippen molar-refractivity contribution in [2.75, 3.05) is 41.0 Å². The summed E-state index contributed by atoms with van der Waals surface area (Å²) in [6, 6.07) is -0.297. The van der Waals surface area contributed by atoms with Crippen LogP contribution in [0.1, 0.15) is 13.8 Å². The summed E-state index contributed by atoms with van der Waals surface area (Å²) in [5.74, 6) is -0.602. The average Bonchev–Trinajstić information content (AvgIpc) is 2.36. The second kappa shape index (κ2) is 8.88. The van der Waals surface area contributed by atoms with Gasteiger partial charge in [0.1, 0.15) is 0 Å². The normalized spacial score (nSPS) is 14.1. The van der Waals surface area contributed by atoms with E-state index in [1.165, 1.54) is 7.11 Å². The molecule has 1 amide bonds. The first-order valence-corrected chi connectivity index (χ1v) is 5.98. The molecule has 6 nitrogen and oxygen atoms in total. The van der Waals surface area contributed by atoms with Crippen LogP contribution < -0.4 is 5.32 Å². The van der Waals surface area contributed by atoms with E-state index in [1.807, 2.05) is 4.90 Å². The quantitative estimate of drug-likeness (QED) is 0.487. The number of hydrogen-bond acceptors (Lipinski definition) is 5. The molecular weight excluding hydrogens is 236 g/mol. The van der Waals surface area contributed by atoms with Crippen LogP contribution in [0.25, 0.3) is 0 Å². The predicted octanol–water partition coefficient (Wildman–Crippen LogP) is -0.122. The molecule has 0 aromatic carbocycles. The molecule has 0 fully saturated rings. The third kappa shape index (κ3) is 5.97. The number of carbonyl (C=O) groups is 2. The molecule has 0 aromatic rings. The van der Waals surface area contributed by atoms with Crippen LogP contribution in [0.5, 0.6) is 0 Å². The molecule has 0 aliphatic rings. The van der Waals surface area contributed by atoms with Crippen molar-refractivity contribution < 1.29 is 19.1 Å². The molecule has 0 aliphatic carbocycles. The number of carbonyl (C=O) groups excluding carboxylic acids is 2. The minimum absolute atomic E-state index is 0.0772. The number of ether oxygens (including phenoxy) is 2. The van der Waals surface area contributed by atoms with E-state index in [0.717, 1.165) is 0 Å². The highest BCUT2D eigenvalue weighted by Crippen LogP contribution is 2.04. The van der Waals surface area contributed by atoms with E-state index >= 15 is 0 Å². The Kier molecular flexibility index (Phi) is 8.32. The molecule has 0 bridgehead atoms. The van der Waals surface area contributed by atoms with Gasteiger partial charge in [-0.3, -0.25) is 14.5 Å². The van der Waals surface area contributed by atoms with Crippen LogP contribution >= 0.6 is 0 Å². The summed E-state index contributed by atoms with van der Waals surface area (Å²) >= 11 is 0. The maximum absolute atomic E-state index is 11.8. The minimum Gasteiger partial charge on any atom is -0.469 e. The van der Waals surface area contributed by atoms with Crippen molar-refractivity contribution >= 4 is 11.9 Å². The summed E-state index contributed by atoms with van der Waals surface area (Å²) in [6.45, 7) is 5.02. The van der Waals surface area contributed by atoms with Crippen molar-refractivity contribution in [2.45, 2.75) is 19.9 Å². The second-order valence-electron chi connectivity index (χ2n) is 4.32. The van der Waals surface area contributed by atoms with Gasteiger partial charge in [0.2, 0.25) is 5.91 Å². The van der Waals surface area contributed by atoms with Crippen LogP contribution in [0.15, 0.2) is 0 Å². The van der Waals surface area contributed by atoms with Crippen molar-refractivity contribution in [1.29, 1.82) is 0 Å². The van der Waals surface area contributed by atoms with Gasteiger partial charge in [0, 0.05) is 20.2 Å². The van der Waals surface area contributed by atoms with E-state index < -0.39 is 0 Å². The lowest BCUT2D eigenvalue weighted by Crippen LogP contribution is -2.46. The summed E-state index contributed by atoms with van der Waals surface area (Å²) in [4.78, 5) is 24.9. The third-order valence-corrected chi connectivity index (χ3v) is 2.81. The van der Waals surface area contributed by atoms with Crippen LogP contribution in [0.4, 0.5) is 0 Å². The fourth-order valence-corrected chi connectivity index (χ4v) is 1.49. The fourth-order valence-electron chi connectivity index (χ4n) is 1.49. The van der Waals surface area contributed by atoms with E-state index in [0.29, 0.717) is 19.7 Å². The predicted molar refractivity (Wildman–Crippen MR) is 68.2 cm³/mol. The van der Waals surface area contributed by atoms with E-state index in [2.05, 4.69) is 10.1 Å². The Bertz CT molecular complexity index is 271. The summed E-state index contributed by atoms with van der Waals surface area (Å²) in [6.07, 6.45) is 0. The Balaban J connectivity index is 4.12. The van der Waals surface area contributed by atoms with Gasteiger partial charge in [0.05, 0.1) is 25.7 Å². The number of hydrogen-bond donors (Lipinski definition) is 1. The van der Waals surface area contributed by atoms with Gasteiger partial charge in [-0.05, 0) is 14.0 Å². The first-order chi connectivity index (χ1) is 8.43. The van der Waals surface area contributed by atoms with Gasteiger partial charge in [0.15, 0.2) is 0 Å². The van der Waals surface area contributed by atoms with Crippen molar-refractivity contribution in [3.63, 3.8) is 0 Å². The Morgan fingerprint density at radius 1 is 1.28 bits per heavy atom. The van der Waals surface area contributed by atoms with Crippen molar-refractivity contribution in [3.8, 4) is 0 Å². The summed E-state index contributed by atoms with van der Waals surface area (Å²) in [5, 5.41) is 2.76. The number of nitrogens with zero attached hydrogens (tertiary/aromatic N) is 1. The van der Waals surface area contributed by atoms with E-state index in [4.69, 9.17) is 4.74 Å². The number of likely N-dealkylation sites (N-methyl/N-ethyl adjacent to an activating group) is 1. The monoisotopic (exact) mass is 260 g/mol. The van der Waals surface area contributed by atoms with Gasteiger partial charge in [-0.2, -0.15) is 0 Å². The number of nitrogens with one attached hydrogen (secondary N) is 1. The zero-order chi connectivity index (χ0) is 14.1. The third-order valence-electron chi connectivity index (χ3n) is 2.81. The zero-order valence-corrected chi connectivity index (χ0v) is 11.9. The number of methoxy groups -OCH3 is 2. The lowest BCUT2D eigenvalue weighted by molar-refractivity contribution is -0.146. The molecule has 106 valence electrons. The molecule has 0 spiro atoms. The Labute approximate surface area is 109 Å². The molecule has 6 heteroatoms. The smallest absolute Gasteiger partial charge is 0.309 e. The molecule has 0 aliphatic heterocycles. The Morgan fingerprint density at radius 3 is 2.39 bits per heavy atom. The van der Waals surface area contributed by atoms with Gasteiger partial charge < -0.3 is 14.8 Å². The maximum Gasteiger partial charge on any atom is 0.309 e. The highest BCUT2D eigenvalue weighted by atomic mass is 16.5. The number of esters is 1. The molecule has 18 heavy (non-hydrogen) atoms. The summed E-state index contributed by atoms with van der Waals surface area (Å²) in [7, 11) is 4.75. The molecule has 0 saturated heterocycles. The molecule has 0 saturated carbocycles. The van der Waals surface area contributed by atoms with Crippen molar-refractivity contribution in [3.05, 3.63) is 0 Å². The molecule has 1 N–H and O–H groups in total. The van der Waals surface area contributed by atoms with Crippen LogP contribution in [0, 0.1) is 5.92 Å². The van der Waals surface area contributed by atoms with Gasteiger partial charge in [-0.25, -0.2) is 0 Å². The van der Waals surface area contributed by atoms with Gasteiger partial charge in [-0.15, -0.1) is 0 Å². The molecular formula is C12H24N2O4. The first kappa shape index (κ1) is 16.9. The lowest BCUT2D eigenvalue weighted by Gasteiger charge is -2.25. The van der Waals surface area contributed by atoms with Crippen LogP contribution in [0.3, 0.4) is 0 Å². The topological polar surface area (TPSA) is 67.9 Å². The van der Waals surface area contributed by atoms with Crippen LogP contribution in [0.2, 0.25) is 0 Å². The maximum atomic E-state index is 11.8. The largest absolute Gasteiger partial charge is 0.469 e. The molecule has 2 unspecified atom stereocenters. The van der Waals surface area contributed by atoms with Gasteiger partial charge >= 0.3 is 5.97 Å². The summed E-state index contributed by atoms with van der Waals surface area (Å²) in [5.41, 5.74) is 0. The van der Waals surface area contributed by atoms with Gasteiger partial charge in [0.25, 0.3) is 0 Å². The van der Waals surface area contributed by atoms with Crippen LogP contribution in [-0.2, 0) is 19.1 Å². The molecule has 0 aromatic heterocycles. The Hall–Kier alpha value is -1.14. The zero-order valence-electron chi connectivity index (χ0n) is 11.9. The van der Waals surface area contributed by atoms with Gasteiger partial charge in [-0.1, -0.05) is 6.92 Å². The van der Waals surface area contributed by atoms with E-state index in [-0.39, 0.29) is 23.8 Å². The first-order valence-electron chi connectivity index (χ1n) is 5.98. The number of amides is 1. The number of rotatable bonds is 8. The molecule has 0 heterocycles. The van der Waals surface area contributed by atoms with Crippen molar-refractivity contribution in [1.82, 2.24) is 10.2 Å². The highest BCUT2D eigenvalue weighted by Gasteiger charge is 2.22. The molecule has 0 rings (SSSR count). The molecule has 2 atom stereocenters. The fraction of sp³-hybridized carbons (Fsp3) is 0.833. The SMILES string of the molecule is COCCNC(=O)C(C)N(C)CC(C)C(=O)OC. The second-order valence-corrected chi connectivity index (χ2v) is 4.32. The molecule has 0 radical (unpaired) electrons. The highest BCUT2D eigenvalue weighted by molar-refractivity contribution is 5.81.